The summed E-state index contributed by atoms with van der Waals surface area (Å²) in [5.41, 5.74) is 5.32. The minimum Gasteiger partial charge on any atom is -0.492 e. The SMILES string of the molecule is Cc1cc(C)c2c(c1)OCC2c1ccccc1. The van der Waals surface area contributed by atoms with Crippen LogP contribution in [0, 0.1) is 13.8 Å². The van der Waals surface area contributed by atoms with Gasteiger partial charge in [0.25, 0.3) is 0 Å². The molecule has 1 heterocycles. The number of ether oxygens (including phenoxy) is 1. The van der Waals surface area contributed by atoms with E-state index in [4.69, 9.17) is 4.74 Å². The summed E-state index contributed by atoms with van der Waals surface area (Å²) in [6, 6.07) is 15.0. The summed E-state index contributed by atoms with van der Waals surface area (Å²) < 4.78 is 5.83. The van der Waals surface area contributed by atoms with Crippen LogP contribution in [0.25, 0.3) is 0 Å². The first-order valence-electron chi connectivity index (χ1n) is 6.04. The van der Waals surface area contributed by atoms with Gasteiger partial charge in [0.05, 0.1) is 6.61 Å². The lowest BCUT2D eigenvalue weighted by molar-refractivity contribution is 0.343. The Bertz CT molecular complexity index is 543. The average molecular weight is 224 g/mol. The number of benzene rings is 2. The zero-order valence-electron chi connectivity index (χ0n) is 10.2. The van der Waals surface area contributed by atoms with E-state index in [1.165, 1.54) is 22.3 Å². The van der Waals surface area contributed by atoms with Crippen molar-refractivity contribution in [3.8, 4) is 5.75 Å². The smallest absolute Gasteiger partial charge is 0.123 e. The molecular formula is C16H16O. The molecule has 0 amide bonds. The van der Waals surface area contributed by atoms with Crippen molar-refractivity contribution in [3.05, 3.63) is 64.7 Å². The fourth-order valence-corrected chi connectivity index (χ4v) is 2.71. The molecular weight excluding hydrogens is 208 g/mol. The molecule has 1 aliphatic heterocycles. The normalized spacial score (nSPS) is 17.6. The first kappa shape index (κ1) is 10.4. The molecule has 0 saturated heterocycles. The van der Waals surface area contributed by atoms with Gasteiger partial charge in [-0.1, -0.05) is 36.4 Å². The van der Waals surface area contributed by atoms with E-state index in [2.05, 4.69) is 56.3 Å². The number of aryl methyl sites for hydroxylation is 2. The fourth-order valence-electron chi connectivity index (χ4n) is 2.71. The third-order valence-electron chi connectivity index (χ3n) is 3.45. The molecule has 0 bridgehead atoms. The summed E-state index contributed by atoms with van der Waals surface area (Å²) in [5, 5.41) is 0. The van der Waals surface area contributed by atoms with E-state index in [0.29, 0.717) is 5.92 Å². The van der Waals surface area contributed by atoms with Crippen molar-refractivity contribution in [2.75, 3.05) is 6.61 Å². The first-order chi connectivity index (χ1) is 8.25. The Morgan fingerprint density at radius 2 is 1.82 bits per heavy atom. The van der Waals surface area contributed by atoms with Crippen LogP contribution in [0.4, 0.5) is 0 Å². The topological polar surface area (TPSA) is 9.23 Å². The van der Waals surface area contributed by atoms with Crippen molar-refractivity contribution in [1.82, 2.24) is 0 Å². The molecule has 1 heteroatoms. The second-order valence-corrected chi connectivity index (χ2v) is 4.77. The Kier molecular flexibility index (Phi) is 2.40. The monoisotopic (exact) mass is 224 g/mol. The first-order valence-corrected chi connectivity index (χ1v) is 6.04. The van der Waals surface area contributed by atoms with Crippen LogP contribution in [0.3, 0.4) is 0 Å². The molecule has 2 aromatic rings. The second-order valence-electron chi connectivity index (χ2n) is 4.77. The molecule has 17 heavy (non-hydrogen) atoms. The van der Waals surface area contributed by atoms with Gasteiger partial charge in [-0.05, 0) is 36.6 Å². The van der Waals surface area contributed by atoms with E-state index in [-0.39, 0.29) is 0 Å². The molecule has 1 nitrogen and oxygen atoms in total. The summed E-state index contributed by atoms with van der Waals surface area (Å²) in [4.78, 5) is 0. The molecule has 0 spiro atoms. The molecule has 3 rings (SSSR count). The lowest BCUT2D eigenvalue weighted by Gasteiger charge is -2.11. The molecule has 0 aliphatic carbocycles. The zero-order chi connectivity index (χ0) is 11.8. The van der Waals surface area contributed by atoms with Gasteiger partial charge in [0.15, 0.2) is 0 Å². The van der Waals surface area contributed by atoms with E-state index in [0.717, 1.165) is 12.4 Å². The summed E-state index contributed by atoms with van der Waals surface area (Å²) in [6.07, 6.45) is 0. The summed E-state index contributed by atoms with van der Waals surface area (Å²) in [6.45, 7) is 5.06. The van der Waals surface area contributed by atoms with E-state index >= 15 is 0 Å². The summed E-state index contributed by atoms with van der Waals surface area (Å²) in [7, 11) is 0. The number of rotatable bonds is 1. The molecule has 1 aliphatic rings. The van der Waals surface area contributed by atoms with Gasteiger partial charge in [0.1, 0.15) is 5.75 Å². The Balaban J connectivity index is 2.10. The van der Waals surface area contributed by atoms with E-state index < -0.39 is 0 Å². The van der Waals surface area contributed by atoms with Crippen LogP contribution in [0.2, 0.25) is 0 Å². The van der Waals surface area contributed by atoms with Gasteiger partial charge in [0, 0.05) is 11.5 Å². The maximum absolute atomic E-state index is 5.83. The van der Waals surface area contributed by atoms with Crippen molar-refractivity contribution in [2.24, 2.45) is 0 Å². The molecule has 2 aromatic carbocycles. The Morgan fingerprint density at radius 1 is 1.06 bits per heavy atom. The Morgan fingerprint density at radius 3 is 2.59 bits per heavy atom. The Hall–Kier alpha value is -1.76. The maximum Gasteiger partial charge on any atom is 0.123 e. The minimum atomic E-state index is 0.395. The van der Waals surface area contributed by atoms with Crippen LogP contribution in [0.5, 0.6) is 5.75 Å². The molecule has 0 radical (unpaired) electrons. The van der Waals surface area contributed by atoms with Crippen molar-refractivity contribution in [2.45, 2.75) is 19.8 Å². The second kappa shape index (κ2) is 3.92. The van der Waals surface area contributed by atoms with E-state index in [1.54, 1.807) is 0 Å². The van der Waals surface area contributed by atoms with Crippen molar-refractivity contribution in [1.29, 1.82) is 0 Å². The maximum atomic E-state index is 5.83. The Labute approximate surface area is 102 Å². The standard InChI is InChI=1S/C16H16O/c1-11-8-12(2)16-14(10-17-15(16)9-11)13-6-4-3-5-7-13/h3-9,14H,10H2,1-2H3. The average Bonchev–Trinajstić information content (AvgIpc) is 2.74. The lowest BCUT2D eigenvalue weighted by atomic mass is 9.89. The predicted octanol–water partition coefficient (Wildman–Crippen LogP) is 3.83. The quantitative estimate of drug-likeness (QED) is 0.715. The van der Waals surface area contributed by atoms with Gasteiger partial charge >= 0.3 is 0 Å². The third kappa shape index (κ3) is 1.72. The van der Waals surface area contributed by atoms with Gasteiger partial charge in [-0.3, -0.25) is 0 Å². The number of hydrogen-bond acceptors (Lipinski definition) is 1. The third-order valence-corrected chi connectivity index (χ3v) is 3.45. The molecule has 0 saturated carbocycles. The van der Waals surface area contributed by atoms with Crippen LogP contribution in [0.1, 0.15) is 28.2 Å². The van der Waals surface area contributed by atoms with Crippen molar-refractivity contribution in [3.63, 3.8) is 0 Å². The van der Waals surface area contributed by atoms with E-state index in [9.17, 15) is 0 Å². The fraction of sp³-hybridized carbons (Fsp3) is 0.250. The van der Waals surface area contributed by atoms with Crippen LogP contribution in [0.15, 0.2) is 42.5 Å². The minimum absolute atomic E-state index is 0.395. The molecule has 1 atom stereocenters. The highest BCUT2D eigenvalue weighted by Crippen LogP contribution is 2.40. The molecule has 86 valence electrons. The molecule has 0 fully saturated rings. The van der Waals surface area contributed by atoms with Gasteiger partial charge in [-0.25, -0.2) is 0 Å². The highest BCUT2D eigenvalue weighted by Gasteiger charge is 2.27. The predicted molar refractivity (Wildman–Crippen MR) is 69.7 cm³/mol. The lowest BCUT2D eigenvalue weighted by Crippen LogP contribution is -2.03. The van der Waals surface area contributed by atoms with Crippen LogP contribution >= 0.6 is 0 Å². The van der Waals surface area contributed by atoms with E-state index in [1.807, 2.05) is 0 Å². The van der Waals surface area contributed by atoms with Crippen LogP contribution in [-0.4, -0.2) is 6.61 Å². The summed E-state index contributed by atoms with van der Waals surface area (Å²) in [5.74, 6) is 1.46. The highest BCUT2D eigenvalue weighted by molar-refractivity contribution is 5.51. The van der Waals surface area contributed by atoms with Crippen LogP contribution in [-0.2, 0) is 0 Å². The highest BCUT2D eigenvalue weighted by atomic mass is 16.5. The molecule has 0 N–H and O–H groups in total. The van der Waals surface area contributed by atoms with Crippen molar-refractivity contribution < 1.29 is 4.74 Å². The van der Waals surface area contributed by atoms with Gasteiger partial charge < -0.3 is 4.74 Å². The summed E-state index contributed by atoms with van der Waals surface area (Å²) >= 11 is 0. The molecule has 1 unspecified atom stereocenters. The largest absolute Gasteiger partial charge is 0.492 e. The van der Waals surface area contributed by atoms with Crippen molar-refractivity contribution >= 4 is 0 Å². The van der Waals surface area contributed by atoms with Gasteiger partial charge in [-0.2, -0.15) is 0 Å². The van der Waals surface area contributed by atoms with Crippen LogP contribution < -0.4 is 4.74 Å². The van der Waals surface area contributed by atoms with Gasteiger partial charge in [0.2, 0.25) is 0 Å². The molecule has 0 aromatic heterocycles. The zero-order valence-corrected chi connectivity index (χ0v) is 10.2. The van der Waals surface area contributed by atoms with Gasteiger partial charge in [-0.15, -0.1) is 0 Å². The number of hydrogen-bond donors (Lipinski definition) is 0. The number of fused-ring (bicyclic) bond motifs is 1.